The average molecular weight is 449 g/mol. The Labute approximate surface area is 183 Å². The lowest BCUT2D eigenvalue weighted by Gasteiger charge is -2.08. The van der Waals surface area contributed by atoms with Gasteiger partial charge in [-0.05, 0) is 42.0 Å². The lowest BCUT2D eigenvalue weighted by atomic mass is 10.1. The number of hydrogen-bond acceptors (Lipinski definition) is 7. The minimum Gasteiger partial charge on any atom is -0.379 e. The Morgan fingerprint density at radius 2 is 1.75 bits per heavy atom. The van der Waals surface area contributed by atoms with Gasteiger partial charge in [-0.25, -0.2) is 0 Å². The van der Waals surface area contributed by atoms with Gasteiger partial charge in [-0.1, -0.05) is 36.4 Å². The highest BCUT2D eigenvalue weighted by Gasteiger charge is 2.20. The number of non-ortho nitro benzene ring substituents is 1. The van der Waals surface area contributed by atoms with Gasteiger partial charge in [0.25, 0.3) is 11.6 Å². The largest absolute Gasteiger partial charge is 0.379 e. The maximum absolute atomic E-state index is 12.5. The van der Waals surface area contributed by atoms with Crippen molar-refractivity contribution in [1.29, 1.82) is 5.26 Å². The zero-order valence-corrected chi connectivity index (χ0v) is 17.2. The number of carbonyl (C=O) groups is 1. The normalized spacial score (nSPS) is 11.3. The summed E-state index contributed by atoms with van der Waals surface area (Å²) in [4.78, 5) is 22.1. The number of rotatable bonds is 7. The summed E-state index contributed by atoms with van der Waals surface area (Å²) in [7, 11) is -4.35. The molecule has 160 valence electrons. The number of nitrogens with one attached hydrogen (secondary N) is 1. The van der Waals surface area contributed by atoms with Gasteiger partial charge in [0.05, 0.1) is 4.92 Å². The van der Waals surface area contributed by atoms with Gasteiger partial charge in [0.2, 0.25) is 0 Å². The number of benzene rings is 3. The van der Waals surface area contributed by atoms with Gasteiger partial charge in [-0.2, -0.15) is 13.7 Å². The number of hydrogen-bond donors (Lipinski definition) is 1. The summed E-state index contributed by atoms with van der Waals surface area (Å²) in [6.07, 6.45) is 1.28. The van der Waals surface area contributed by atoms with E-state index >= 15 is 0 Å². The quantitative estimate of drug-likeness (QED) is 0.190. The Hall–Kier alpha value is -4.49. The number of amides is 1. The highest BCUT2D eigenvalue weighted by molar-refractivity contribution is 7.87. The molecule has 3 aromatic carbocycles. The molecule has 0 spiro atoms. The number of para-hydroxylation sites is 1. The highest BCUT2D eigenvalue weighted by Crippen LogP contribution is 2.23. The molecule has 0 aromatic heterocycles. The van der Waals surface area contributed by atoms with Crippen LogP contribution in [-0.4, -0.2) is 19.2 Å². The van der Waals surface area contributed by atoms with E-state index < -0.39 is 26.6 Å². The van der Waals surface area contributed by atoms with E-state index in [1.54, 1.807) is 36.4 Å². The van der Waals surface area contributed by atoms with Crippen LogP contribution in [0.3, 0.4) is 0 Å². The van der Waals surface area contributed by atoms with Crippen LogP contribution in [0.15, 0.2) is 89.3 Å². The minimum atomic E-state index is -4.35. The molecule has 9 nitrogen and oxygen atoms in total. The molecule has 0 unspecified atom stereocenters. The Balaban J connectivity index is 1.83. The molecule has 0 bridgehead atoms. The van der Waals surface area contributed by atoms with Gasteiger partial charge < -0.3 is 9.50 Å². The van der Waals surface area contributed by atoms with E-state index in [0.29, 0.717) is 11.3 Å². The van der Waals surface area contributed by atoms with E-state index in [-0.39, 0.29) is 16.2 Å². The van der Waals surface area contributed by atoms with Gasteiger partial charge in [-0.15, -0.1) is 0 Å². The summed E-state index contributed by atoms with van der Waals surface area (Å²) in [5, 5.41) is 22.8. The number of carbonyl (C=O) groups excluding carboxylic acids is 1. The SMILES string of the molecule is N#C/C(=C\c1cccc(OS(=O)(=O)c2cccc([N+](=O)[O-])c2)c1)C(=O)Nc1ccccc1. The van der Waals surface area contributed by atoms with Crippen molar-refractivity contribution in [3.8, 4) is 11.8 Å². The van der Waals surface area contributed by atoms with E-state index in [2.05, 4.69) is 5.32 Å². The van der Waals surface area contributed by atoms with Crippen LogP contribution in [0.5, 0.6) is 5.75 Å². The van der Waals surface area contributed by atoms with Gasteiger partial charge in [-0.3, -0.25) is 14.9 Å². The van der Waals surface area contributed by atoms with Crippen molar-refractivity contribution in [2.45, 2.75) is 4.90 Å². The van der Waals surface area contributed by atoms with Crippen molar-refractivity contribution in [3.05, 3.63) is 100 Å². The molecule has 0 aliphatic carbocycles. The van der Waals surface area contributed by atoms with Gasteiger partial charge >= 0.3 is 10.1 Å². The standard InChI is InChI=1S/C22H15N3O6S/c23-15-17(22(26)24-18-7-2-1-3-8-18)12-16-6-4-10-20(13-16)31-32(29,30)21-11-5-9-19(14-21)25(27)28/h1-14H,(H,24,26)/b17-12+. The molecule has 0 fully saturated rings. The van der Waals surface area contributed by atoms with E-state index in [0.717, 1.165) is 12.1 Å². The Morgan fingerprint density at radius 3 is 2.44 bits per heavy atom. The molecule has 0 aliphatic rings. The smallest absolute Gasteiger partial charge is 0.339 e. The summed E-state index contributed by atoms with van der Waals surface area (Å²) in [6, 6.07) is 20.6. The maximum atomic E-state index is 12.5. The van der Waals surface area contributed by atoms with Gasteiger partial charge in [0.15, 0.2) is 0 Å². The van der Waals surface area contributed by atoms with Crippen molar-refractivity contribution in [2.75, 3.05) is 5.32 Å². The predicted octanol–water partition coefficient (Wildman–Crippen LogP) is 3.91. The third-order valence-corrected chi connectivity index (χ3v) is 5.33. The lowest BCUT2D eigenvalue weighted by Crippen LogP contribution is -2.13. The number of nitrogens with zero attached hydrogens (tertiary/aromatic N) is 2. The third-order valence-electron chi connectivity index (χ3n) is 4.09. The first-order valence-electron chi connectivity index (χ1n) is 9.06. The third kappa shape index (κ3) is 5.56. The zero-order chi connectivity index (χ0) is 23.1. The molecule has 32 heavy (non-hydrogen) atoms. The number of nitro benzene ring substituents is 1. The fourth-order valence-electron chi connectivity index (χ4n) is 2.62. The van der Waals surface area contributed by atoms with E-state index in [1.165, 1.54) is 36.4 Å². The summed E-state index contributed by atoms with van der Waals surface area (Å²) in [5.74, 6) is -0.722. The molecule has 0 radical (unpaired) electrons. The number of nitro groups is 1. The first-order valence-corrected chi connectivity index (χ1v) is 10.5. The molecule has 1 amide bonds. The second-order valence-corrected chi connectivity index (χ2v) is 7.90. The molecule has 0 aliphatic heterocycles. The number of nitriles is 1. The Kier molecular flexibility index (Phi) is 6.62. The molecule has 0 heterocycles. The first kappa shape index (κ1) is 22.2. The van der Waals surface area contributed by atoms with Crippen molar-refractivity contribution in [3.63, 3.8) is 0 Å². The van der Waals surface area contributed by atoms with Crippen molar-refractivity contribution in [2.24, 2.45) is 0 Å². The highest BCUT2D eigenvalue weighted by atomic mass is 32.2. The van der Waals surface area contributed by atoms with Gasteiger partial charge in [0, 0.05) is 17.8 Å². The monoisotopic (exact) mass is 449 g/mol. The topological polar surface area (TPSA) is 139 Å². The summed E-state index contributed by atoms with van der Waals surface area (Å²) in [5.41, 5.74) is 0.261. The molecule has 1 N–H and O–H groups in total. The van der Waals surface area contributed by atoms with Crippen LogP contribution < -0.4 is 9.50 Å². The molecular formula is C22H15N3O6S. The Morgan fingerprint density at radius 1 is 1.03 bits per heavy atom. The average Bonchev–Trinajstić information content (AvgIpc) is 2.78. The van der Waals surface area contributed by atoms with Crippen LogP contribution >= 0.6 is 0 Å². The lowest BCUT2D eigenvalue weighted by molar-refractivity contribution is -0.385. The van der Waals surface area contributed by atoms with Crippen LogP contribution in [0.2, 0.25) is 0 Å². The van der Waals surface area contributed by atoms with Crippen LogP contribution in [0.25, 0.3) is 6.08 Å². The fraction of sp³-hybridized carbons (Fsp3) is 0. The first-order chi connectivity index (χ1) is 15.3. The minimum absolute atomic E-state index is 0.0917. The second-order valence-electron chi connectivity index (χ2n) is 6.35. The summed E-state index contributed by atoms with van der Waals surface area (Å²) < 4.78 is 30.1. The van der Waals surface area contributed by atoms with Gasteiger partial charge in [0.1, 0.15) is 22.3 Å². The fourth-order valence-corrected chi connectivity index (χ4v) is 3.58. The van der Waals surface area contributed by atoms with Crippen LogP contribution in [0.4, 0.5) is 11.4 Å². The van der Waals surface area contributed by atoms with Crippen LogP contribution in [-0.2, 0) is 14.9 Å². The van der Waals surface area contributed by atoms with E-state index in [1.807, 2.05) is 6.07 Å². The van der Waals surface area contributed by atoms with Crippen molar-refractivity contribution in [1.82, 2.24) is 0 Å². The van der Waals surface area contributed by atoms with Crippen molar-refractivity contribution >= 4 is 33.5 Å². The summed E-state index contributed by atoms with van der Waals surface area (Å²) in [6.45, 7) is 0. The molecule has 0 atom stereocenters. The molecule has 10 heteroatoms. The zero-order valence-electron chi connectivity index (χ0n) is 16.3. The summed E-state index contributed by atoms with van der Waals surface area (Å²) >= 11 is 0. The van der Waals surface area contributed by atoms with Crippen molar-refractivity contribution < 1.29 is 22.3 Å². The maximum Gasteiger partial charge on any atom is 0.339 e. The predicted molar refractivity (Wildman–Crippen MR) is 116 cm³/mol. The van der Waals surface area contributed by atoms with E-state index in [4.69, 9.17) is 4.18 Å². The van der Waals surface area contributed by atoms with Crippen LogP contribution in [0.1, 0.15) is 5.56 Å². The molecule has 3 rings (SSSR count). The van der Waals surface area contributed by atoms with E-state index in [9.17, 15) is 28.6 Å². The molecule has 3 aromatic rings. The second kappa shape index (κ2) is 9.55. The Bertz CT molecular complexity index is 1350. The van der Waals surface area contributed by atoms with Crippen LogP contribution in [0, 0.1) is 21.4 Å². The number of anilines is 1. The molecular weight excluding hydrogens is 434 g/mol. The molecule has 0 saturated heterocycles. The molecule has 0 saturated carbocycles.